The van der Waals surface area contributed by atoms with E-state index in [4.69, 9.17) is 11.5 Å². The van der Waals surface area contributed by atoms with Crippen LogP contribution in [0, 0.1) is 0 Å². The molecule has 0 atom stereocenters. The number of benzene rings is 2. The molecule has 0 fully saturated rings. The lowest BCUT2D eigenvalue weighted by atomic mass is 9.96. The summed E-state index contributed by atoms with van der Waals surface area (Å²) in [7, 11) is 0. The number of nitrogens with two attached hydrogens (primary N) is 2. The summed E-state index contributed by atoms with van der Waals surface area (Å²) in [6, 6.07) is 12.7. The smallest absolute Gasteiger partial charge is 0.160 e. The third-order valence-corrected chi connectivity index (χ3v) is 2.67. The highest BCUT2D eigenvalue weighted by molar-refractivity contribution is 6.02. The average molecular weight is 226 g/mol. The van der Waals surface area contributed by atoms with Gasteiger partial charge in [0.1, 0.15) is 0 Å². The lowest BCUT2D eigenvalue weighted by Gasteiger charge is -2.10. The molecule has 86 valence electrons. The van der Waals surface area contributed by atoms with E-state index >= 15 is 0 Å². The minimum atomic E-state index is 0.00301. The number of carbonyl (C=O) groups excluding carboxylic acids is 1. The van der Waals surface area contributed by atoms with Crippen LogP contribution in [0.25, 0.3) is 11.1 Å². The van der Waals surface area contributed by atoms with E-state index in [0.717, 1.165) is 11.1 Å². The molecule has 0 aromatic heterocycles. The minimum Gasteiger partial charge on any atom is -0.399 e. The van der Waals surface area contributed by atoms with Gasteiger partial charge in [-0.25, -0.2) is 0 Å². The maximum absolute atomic E-state index is 11.6. The summed E-state index contributed by atoms with van der Waals surface area (Å²) in [6.07, 6.45) is 0. The third kappa shape index (κ3) is 2.13. The van der Waals surface area contributed by atoms with Crippen LogP contribution in [0.2, 0.25) is 0 Å². The molecular formula is C14H14N2O. The van der Waals surface area contributed by atoms with Crippen LogP contribution in [0.4, 0.5) is 11.4 Å². The van der Waals surface area contributed by atoms with Crippen molar-refractivity contribution in [2.45, 2.75) is 6.92 Å². The van der Waals surface area contributed by atoms with Gasteiger partial charge in [0.15, 0.2) is 5.78 Å². The maximum atomic E-state index is 11.6. The number of para-hydroxylation sites is 1. The van der Waals surface area contributed by atoms with E-state index in [0.29, 0.717) is 16.9 Å². The molecule has 0 bridgehead atoms. The Kier molecular flexibility index (Phi) is 2.83. The number of Topliss-reactive ketones (excluding diaryl/α,β-unsaturated/α-hetero) is 1. The molecule has 3 heteroatoms. The predicted octanol–water partition coefficient (Wildman–Crippen LogP) is 2.72. The summed E-state index contributed by atoms with van der Waals surface area (Å²) in [5.41, 5.74) is 15.2. The second kappa shape index (κ2) is 4.29. The molecule has 0 saturated carbocycles. The first-order valence-electron chi connectivity index (χ1n) is 5.35. The van der Waals surface area contributed by atoms with Crippen molar-refractivity contribution in [2.75, 3.05) is 11.5 Å². The Labute approximate surface area is 100 Å². The Morgan fingerprint density at radius 2 is 1.71 bits per heavy atom. The third-order valence-electron chi connectivity index (χ3n) is 2.67. The molecule has 0 aliphatic heterocycles. The average Bonchev–Trinajstić information content (AvgIpc) is 2.29. The van der Waals surface area contributed by atoms with Gasteiger partial charge in [0, 0.05) is 22.5 Å². The molecular weight excluding hydrogens is 212 g/mol. The highest BCUT2D eigenvalue weighted by atomic mass is 16.1. The Bertz CT molecular complexity index is 576. The van der Waals surface area contributed by atoms with Crippen molar-refractivity contribution >= 4 is 17.2 Å². The zero-order chi connectivity index (χ0) is 12.4. The van der Waals surface area contributed by atoms with Crippen molar-refractivity contribution in [1.29, 1.82) is 0 Å². The Hall–Kier alpha value is -2.29. The molecule has 3 nitrogen and oxygen atoms in total. The van der Waals surface area contributed by atoms with Gasteiger partial charge in [-0.3, -0.25) is 4.79 Å². The fourth-order valence-electron chi connectivity index (χ4n) is 1.83. The van der Waals surface area contributed by atoms with Gasteiger partial charge in [-0.15, -0.1) is 0 Å². The van der Waals surface area contributed by atoms with Crippen molar-refractivity contribution in [3.8, 4) is 11.1 Å². The first-order valence-corrected chi connectivity index (χ1v) is 5.35. The number of hydrogen-bond donors (Lipinski definition) is 2. The van der Waals surface area contributed by atoms with Crippen LogP contribution in [0.1, 0.15) is 17.3 Å². The van der Waals surface area contributed by atoms with Gasteiger partial charge in [0.05, 0.1) is 0 Å². The predicted molar refractivity (Wildman–Crippen MR) is 70.7 cm³/mol. The summed E-state index contributed by atoms with van der Waals surface area (Å²) in [4.78, 5) is 11.6. The molecule has 0 amide bonds. The number of nitrogen functional groups attached to an aromatic ring is 2. The fraction of sp³-hybridized carbons (Fsp3) is 0.0714. The lowest BCUT2D eigenvalue weighted by Crippen LogP contribution is -1.99. The largest absolute Gasteiger partial charge is 0.399 e. The molecule has 17 heavy (non-hydrogen) atoms. The summed E-state index contributed by atoms with van der Waals surface area (Å²) >= 11 is 0. The summed E-state index contributed by atoms with van der Waals surface area (Å²) in [5, 5.41) is 0. The molecule has 2 aromatic rings. The fourth-order valence-corrected chi connectivity index (χ4v) is 1.83. The normalized spacial score (nSPS) is 10.2. The van der Waals surface area contributed by atoms with Crippen molar-refractivity contribution in [3.05, 3.63) is 48.0 Å². The second-order valence-corrected chi connectivity index (χ2v) is 3.95. The van der Waals surface area contributed by atoms with Crippen molar-refractivity contribution in [1.82, 2.24) is 0 Å². The van der Waals surface area contributed by atoms with E-state index in [1.807, 2.05) is 24.3 Å². The van der Waals surface area contributed by atoms with E-state index in [-0.39, 0.29) is 5.78 Å². The van der Waals surface area contributed by atoms with Gasteiger partial charge < -0.3 is 11.5 Å². The van der Waals surface area contributed by atoms with Gasteiger partial charge in [-0.1, -0.05) is 18.2 Å². The highest BCUT2D eigenvalue weighted by Gasteiger charge is 2.11. The number of anilines is 2. The van der Waals surface area contributed by atoms with E-state index in [2.05, 4.69) is 0 Å². The molecule has 0 unspecified atom stereocenters. The molecule has 2 aromatic carbocycles. The Balaban J connectivity index is 2.70. The molecule has 0 aliphatic carbocycles. The summed E-state index contributed by atoms with van der Waals surface area (Å²) < 4.78 is 0. The molecule has 4 N–H and O–H groups in total. The number of hydrogen-bond acceptors (Lipinski definition) is 3. The van der Waals surface area contributed by atoms with Crippen LogP contribution in [0.15, 0.2) is 42.5 Å². The summed E-state index contributed by atoms with van der Waals surface area (Å²) in [6.45, 7) is 1.54. The van der Waals surface area contributed by atoms with Gasteiger partial charge in [0.25, 0.3) is 0 Å². The number of ketones is 1. The van der Waals surface area contributed by atoms with Crippen LogP contribution >= 0.6 is 0 Å². The first-order chi connectivity index (χ1) is 8.09. The maximum Gasteiger partial charge on any atom is 0.160 e. The minimum absolute atomic E-state index is 0.00301. The van der Waals surface area contributed by atoms with E-state index in [1.54, 1.807) is 18.2 Å². The van der Waals surface area contributed by atoms with Crippen molar-refractivity contribution in [2.24, 2.45) is 0 Å². The van der Waals surface area contributed by atoms with E-state index in [9.17, 15) is 4.79 Å². The SMILES string of the molecule is CC(=O)c1ccc(N)cc1-c1ccccc1N. The Morgan fingerprint density at radius 1 is 1.00 bits per heavy atom. The molecule has 0 heterocycles. The molecule has 0 spiro atoms. The van der Waals surface area contributed by atoms with Gasteiger partial charge >= 0.3 is 0 Å². The van der Waals surface area contributed by atoms with Crippen molar-refractivity contribution in [3.63, 3.8) is 0 Å². The van der Waals surface area contributed by atoms with Crippen LogP contribution < -0.4 is 11.5 Å². The molecule has 0 radical (unpaired) electrons. The van der Waals surface area contributed by atoms with Crippen LogP contribution in [-0.4, -0.2) is 5.78 Å². The zero-order valence-corrected chi connectivity index (χ0v) is 9.60. The zero-order valence-electron chi connectivity index (χ0n) is 9.60. The first kappa shape index (κ1) is 11.2. The number of carbonyl (C=O) groups is 1. The van der Waals surface area contributed by atoms with E-state index < -0.39 is 0 Å². The summed E-state index contributed by atoms with van der Waals surface area (Å²) in [5.74, 6) is 0.00301. The molecule has 2 rings (SSSR count). The van der Waals surface area contributed by atoms with Crippen LogP contribution in [0.5, 0.6) is 0 Å². The topological polar surface area (TPSA) is 69.1 Å². The van der Waals surface area contributed by atoms with Gasteiger partial charge in [0.2, 0.25) is 0 Å². The monoisotopic (exact) mass is 226 g/mol. The Morgan fingerprint density at radius 3 is 2.35 bits per heavy atom. The van der Waals surface area contributed by atoms with Crippen LogP contribution in [0.3, 0.4) is 0 Å². The van der Waals surface area contributed by atoms with Gasteiger partial charge in [-0.2, -0.15) is 0 Å². The standard InChI is InChI=1S/C14H14N2O/c1-9(17)11-7-6-10(15)8-13(11)12-4-2-3-5-14(12)16/h2-8H,15-16H2,1H3. The second-order valence-electron chi connectivity index (χ2n) is 3.95. The van der Waals surface area contributed by atoms with Crippen molar-refractivity contribution < 1.29 is 4.79 Å². The van der Waals surface area contributed by atoms with Gasteiger partial charge in [-0.05, 0) is 36.8 Å². The highest BCUT2D eigenvalue weighted by Crippen LogP contribution is 2.30. The van der Waals surface area contributed by atoms with Crippen LogP contribution in [-0.2, 0) is 0 Å². The number of rotatable bonds is 2. The molecule has 0 aliphatic rings. The molecule has 0 saturated heterocycles. The lowest BCUT2D eigenvalue weighted by molar-refractivity contribution is 0.101. The van der Waals surface area contributed by atoms with E-state index in [1.165, 1.54) is 6.92 Å². The quantitative estimate of drug-likeness (QED) is 0.611.